The van der Waals surface area contributed by atoms with Gasteiger partial charge in [-0.2, -0.15) is 10.2 Å². The summed E-state index contributed by atoms with van der Waals surface area (Å²) in [6.45, 7) is 1.29. The smallest absolute Gasteiger partial charge is 0.308 e. The number of fused-ring (bicyclic) bond motifs is 1. The third-order valence-electron chi connectivity index (χ3n) is 4.71. The van der Waals surface area contributed by atoms with Crippen molar-refractivity contribution in [3.05, 3.63) is 78.0 Å². The highest BCUT2D eigenvalue weighted by molar-refractivity contribution is 5.95. The van der Waals surface area contributed by atoms with Gasteiger partial charge >= 0.3 is 5.97 Å². The number of ether oxygens (including phenoxy) is 2. The molecule has 32 heavy (non-hydrogen) atoms. The molecule has 1 heterocycles. The fourth-order valence-electron chi connectivity index (χ4n) is 3.20. The minimum absolute atomic E-state index is 0.223. The van der Waals surface area contributed by atoms with E-state index >= 15 is 0 Å². The summed E-state index contributed by atoms with van der Waals surface area (Å²) in [6.07, 6.45) is 1.37. The number of para-hydroxylation sites is 1. The number of H-pyrrole nitrogens is 1. The van der Waals surface area contributed by atoms with E-state index < -0.39 is 11.9 Å². The van der Waals surface area contributed by atoms with Gasteiger partial charge < -0.3 is 9.47 Å². The largest absolute Gasteiger partial charge is 0.493 e. The van der Waals surface area contributed by atoms with Crippen LogP contribution in [0.1, 0.15) is 23.0 Å². The van der Waals surface area contributed by atoms with E-state index in [-0.39, 0.29) is 11.4 Å². The van der Waals surface area contributed by atoms with Gasteiger partial charge in [-0.25, -0.2) is 5.43 Å². The van der Waals surface area contributed by atoms with Crippen LogP contribution in [0.3, 0.4) is 0 Å². The first-order valence-corrected chi connectivity index (χ1v) is 9.78. The monoisotopic (exact) mass is 428 g/mol. The maximum Gasteiger partial charge on any atom is 0.308 e. The summed E-state index contributed by atoms with van der Waals surface area (Å²) in [5, 5.41) is 13.2. The van der Waals surface area contributed by atoms with Gasteiger partial charge in [0.05, 0.1) is 19.0 Å². The third kappa shape index (κ3) is 4.49. The number of rotatable bonds is 6. The molecule has 0 aliphatic carbocycles. The number of benzene rings is 3. The second kappa shape index (κ2) is 9.13. The van der Waals surface area contributed by atoms with E-state index in [2.05, 4.69) is 20.7 Å². The number of nitrogens with zero attached hydrogens (tertiary/aromatic N) is 2. The van der Waals surface area contributed by atoms with Crippen molar-refractivity contribution >= 4 is 28.9 Å². The summed E-state index contributed by atoms with van der Waals surface area (Å²) < 4.78 is 10.4. The number of esters is 1. The molecule has 0 bridgehead atoms. The fourth-order valence-corrected chi connectivity index (χ4v) is 3.20. The second-order valence-corrected chi connectivity index (χ2v) is 6.90. The Labute approximate surface area is 183 Å². The van der Waals surface area contributed by atoms with E-state index in [4.69, 9.17) is 9.47 Å². The molecule has 0 saturated carbocycles. The Bertz CT molecular complexity index is 1330. The van der Waals surface area contributed by atoms with E-state index in [1.54, 1.807) is 24.3 Å². The summed E-state index contributed by atoms with van der Waals surface area (Å²) in [4.78, 5) is 23.9. The maximum atomic E-state index is 12.5. The standard InChI is InChI=1S/C24H20N4O4/c1-15(29)32-23-19(8-5-9-22(23)31-2)14-25-28-24(30)21-13-20(26-27-21)18-11-10-16-6-3-4-7-17(16)12-18/h3-14H,1-2H3,(H,26,27)(H,28,30)/b25-14-. The number of aromatic nitrogens is 2. The quantitative estimate of drug-likeness (QED) is 0.210. The molecule has 0 aliphatic rings. The molecule has 1 amide bonds. The van der Waals surface area contributed by atoms with Crippen molar-refractivity contribution in [2.45, 2.75) is 6.92 Å². The van der Waals surface area contributed by atoms with Gasteiger partial charge in [0.1, 0.15) is 5.69 Å². The number of hydrogen-bond donors (Lipinski definition) is 2. The van der Waals surface area contributed by atoms with Crippen LogP contribution < -0.4 is 14.9 Å². The molecular weight excluding hydrogens is 408 g/mol. The lowest BCUT2D eigenvalue weighted by atomic mass is 10.1. The number of nitrogens with one attached hydrogen (secondary N) is 2. The molecule has 4 rings (SSSR count). The zero-order valence-electron chi connectivity index (χ0n) is 17.5. The topological polar surface area (TPSA) is 106 Å². The van der Waals surface area contributed by atoms with E-state index in [1.165, 1.54) is 20.2 Å². The summed E-state index contributed by atoms with van der Waals surface area (Å²) in [6, 6.07) is 20.7. The van der Waals surface area contributed by atoms with E-state index in [0.29, 0.717) is 17.0 Å². The average molecular weight is 428 g/mol. The number of hydrazone groups is 1. The van der Waals surface area contributed by atoms with E-state index in [9.17, 15) is 9.59 Å². The first kappa shape index (κ1) is 20.8. The highest BCUT2D eigenvalue weighted by atomic mass is 16.6. The molecule has 0 atom stereocenters. The van der Waals surface area contributed by atoms with Crippen LogP contribution >= 0.6 is 0 Å². The number of methoxy groups -OCH3 is 1. The third-order valence-corrected chi connectivity index (χ3v) is 4.71. The van der Waals surface area contributed by atoms with Crippen LogP contribution in [-0.4, -0.2) is 35.4 Å². The molecule has 3 aromatic carbocycles. The minimum atomic E-state index is -0.494. The molecule has 4 aromatic rings. The predicted octanol–water partition coefficient (Wildman–Crippen LogP) is 3.93. The van der Waals surface area contributed by atoms with E-state index in [1.807, 2.05) is 42.5 Å². The number of hydrogen-bond acceptors (Lipinski definition) is 6. The molecule has 8 heteroatoms. The molecule has 0 fully saturated rings. The highest BCUT2D eigenvalue weighted by Crippen LogP contribution is 2.30. The van der Waals surface area contributed by atoms with Crippen molar-refractivity contribution in [2.75, 3.05) is 7.11 Å². The van der Waals surface area contributed by atoms with Crippen molar-refractivity contribution in [1.82, 2.24) is 15.6 Å². The van der Waals surface area contributed by atoms with Crippen molar-refractivity contribution in [3.8, 4) is 22.8 Å². The van der Waals surface area contributed by atoms with Gasteiger partial charge in [-0.05, 0) is 35.0 Å². The number of carbonyl (C=O) groups is 2. The molecule has 160 valence electrons. The fraction of sp³-hybridized carbons (Fsp3) is 0.0833. The summed E-state index contributed by atoms with van der Waals surface area (Å²) >= 11 is 0. The molecule has 2 N–H and O–H groups in total. The van der Waals surface area contributed by atoms with Gasteiger partial charge in [0.15, 0.2) is 11.5 Å². The first-order valence-electron chi connectivity index (χ1n) is 9.78. The Morgan fingerprint density at radius 1 is 1.03 bits per heavy atom. The Morgan fingerprint density at radius 3 is 2.62 bits per heavy atom. The zero-order chi connectivity index (χ0) is 22.5. The van der Waals surface area contributed by atoms with Crippen LogP contribution in [0, 0.1) is 0 Å². The molecule has 1 aromatic heterocycles. The second-order valence-electron chi connectivity index (χ2n) is 6.90. The first-order chi connectivity index (χ1) is 15.5. The normalized spacial score (nSPS) is 10.9. The number of aromatic amines is 1. The maximum absolute atomic E-state index is 12.5. The summed E-state index contributed by atoms with van der Waals surface area (Å²) in [5.74, 6) is -0.353. The molecule has 8 nitrogen and oxygen atoms in total. The lowest BCUT2D eigenvalue weighted by molar-refractivity contribution is -0.132. The van der Waals surface area contributed by atoms with Crippen LogP contribution in [-0.2, 0) is 4.79 Å². The van der Waals surface area contributed by atoms with Crippen LogP contribution in [0.25, 0.3) is 22.0 Å². The van der Waals surface area contributed by atoms with Gasteiger partial charge in [0.25, 0.3) is 5.91 Å². The van der Waals surface area contributed by atoms with Crippen LogP contribution in [0.2, 0.25) is 0 Å². The van der Waals surface area contributed by atoms with Crippen molar-refractivity contribution < 1.29 is 19.1 Å². The van der Waals surface area contributed by atoms with Gasteiger partial charge in [-0.1, -0.05) is 42.5 Å². The minimum Gasteiger partial charge on any atom is -0.493 e. The molecule has 0 aliphatic heterocycles. The number of carbonyl (C=O) groups excluding carboxylic acids is 2. The molecule has 0 saturated heterocycles. The number of amides is 1. The highest BCUT2D eigenvalue weighted by Gasteiger charge is 2.13. The van der Waals surface area contributed by atoms with Crippen LogP contribution in [0.4, 0.5) is 0 Å². The Kier molecular flexibility index (Phi) is 5.94. The molecular formula is C24H20N4O4. The SMILES string of the molecule is COc1cccc(/C=N\NC(=O)c2cc(-c3ccc4ccccc4c3)n[nH]2)c1OC(C)=O. The lowest BCUT2D eigenvalue weighted by Crippen LogP contribution is -2.18. The Morgan fingerprint density at radius 2 is 1.84 bits per heavy atom. The van der Waals surface area contributed by atoms with Gasteiger partial charge in [0, 0.05) is 18.1 Å². The zero-order valence-corrected chi connectivity index (χ0v) is 17.5. The summed E-state index contributed by atoms with van der Waals surface area (Å²) in [5.41, 5.74) is 4.71. The Hall–Kier alpha value is -4.46. The molecule has 0 spiro atoms. The van der Waals surface area contributed by atoms with Gasteiger partial charge in [-0.3, -0.25) is 14.7 Å². The van der Waals surface area contributed by atoms with Crippen molar-refractivity contribution in [2.24, 2.45) is 5.10 Å². The average Bonchev–Trinajstić information content (AvgIpc) is 3.30. The van der Waals surface area contributed by atoms with Crippen LogP contribution in [0.15, 0.2) is 71.8 Å². The van der Waals surface area contributed by atoms with Crippen molar-refractivity contribution in [3.63, 3.8) is 0 Å². The van der Waals surface area contributed by atoms with Crippen LogP contribution in [0.5, 0.6) is 11.5 Å². The van der Waals surface area contributed by atoms with E-state index in [0.717, 1.165) is 16.3 Å². The molecule has 0 radical (unpaired) electrons. The van der Waals surface area contributed by atoms with Gasteiger partial charge in [0.2, 0.25) is 0 Å². The predicted molar refractivity (Wildman–Crippen MR) is 121 cm³/mol. The van der Waals surface area contributed by atoms with Crippen molar-refractivity contribution in [1.29, 1.82) is 0 Å². The van der Waals surface area contributed by atoms with Gasteiger partial charge in [-0.15, -0.1) is 0 Å². The Balaban J connectivity index is 1.49. The lowest BCUT2D eigenvalue weighted by Gasteiger charge is -2.10. The molecule has 0 unspecified atom stereocenters. The summed E-state index contributed by atoms with van der Waals surface area (Å²) in [7, 11) is 1.47.